The number of carbonyl (C=O) groups is 2. The Morgan fingerprint density at radius 3 is 2.62 bits per heavy atom. The molecule has 3 N–H and O–H groups in total. The summed E-state index contributed by atoms with van der Waals surface area (Å²) in [5.41, 5.74) is -1.26. The summed E-state index contributed by atoms with van der Waals surface area (Å²) in [6, 6.07) is -0.0826. The predicted molar refractivity (Wildman–Crippen MR) is 72.8 cm³/mol. The number of hydrogen-bond donors (Lipinski definition) is 3. The molecule has 8 heteroatoms. The summed E-state index contributed by atoms with van der Waals surface area (Å²) in [5.74, 6) is -1.67. The standard InChI is InChI=1S/C13H17N3O5/c17-10-5-6-16(13(21)15-10)7-9(12(19)20)14-11(18)8-3-1-2-4-8/h5-6,8-9H,1-4,7H2,(H,14,18)(H,19,20)(H,15,17,21). The Labute approximate surface area is 119 Å². The van der Waals surface area contributed by atoms with Crippen LogP contribution in [0.4, 0.5) is 0 Å². The summed E-state index contributed by atoms with van der Waals surface area (Å²) in [6.45, 7) is -0.233. The van der Waals surface area contributed by atoms with Gasteiger partial charge in [-0.25, -0.2) is 9.59 Å². The Morgan fingerprint density at radius 2 is 2.05 bits per heavy atom. The van der Waals surface area contributed by atoms with E-state index in [4.69, 9.17) is 5.11 Å². The molecule has 2 rings (SSSR count). The molecule has 1 aromatic rings. The number of aromatic nitrogens is 2. The van der Waals surface area contributed by atoms with Gasteiger partial charge in [-0.1, -0.05) is 12.8 Å². The van der Waals surface area contributed by atoms with E-state index in [2.05, 4.69) is 5.32 Å². The summed E-state index contributed by atoms with van der Waals surface area (Å²) >= 11 is 0. The number of rotatable bonds is 5. The topological polar surface area (TPSA) is 121 Å². The number of hydrogen-bond acceptors (Lipinski definition) is 4. The number of aromatic amines is 1. The zero-order chi connectivity index (χ0) is 15.4. The van der Waals surface area contributed by atoms with E-state index in [1.807, 2.05) is 4.98 Å². The minimum atomic E-state index is -1.22. The average Bonchev–Trinajstić information content (AvgIpc) is 2.94. The van der Waals surface area contributed by atoms with Crippen LogP contribution in [-0.2, 0) is 16.1 Å². The molecular weight excluding hydrogens is 278 g/mol. The van der Waals surface area contributed by atoms with Crippen LogP contribution in [0.25, 0.3) is 0 Å². The molecule has 1 heterocycles. The number of nitrogens with zero attached hydrogens (tertiary/aromatic N) is 1. The molecule has 0 aliphatic heterocycles. The smallest absolute Gasteiger partial charge is 0.328 e. The van der Waals surface area contributed by atoms with E-state index in [0.29, 0.717) is 0 Å². The largest absolute Gasteiger partial charge is 0.480 e. The molecule has 0 saturated heterocycles. The lowest BCUT2D eigenvalue weighted by molar-refractivity contribution is -0.142. The van der Waals surface area contributed by atoms with Gasteiger partial charge in [0.15, 0.2) is 0 Å². The van der Waals surface area contributed by atoms with Crippen molar-refractivity contribution in [3.8, 4) is 0 Å². The number of aliphatic carboxylic acids is 1. The van der Waals surface area contributed by atoms with E-state index in [0.717, 1.165) is 36.3 Å². The van der Waals surface area contributed by atoms with E-state index < -0.39 is 23.3 Å². The molecule has 0 aromatic carbocycles. The third-order valence-corrected chi connectivity index (χ3v) is 3.62. The zero-order valence-corrected chi connectivity index (χ0v) is 11.4. The van der Waals surface area contributed by atoms with Crippen molar-refractivity contribution in [3.63, 3.8) is 0 Å². The summed E-state index contributed by atoms with van der Waals surface area (Å²) in [6.07, 6.45) is 4.66. The molecule has 1 aliphatic rings. The summed E-state index contributed by atoms with van der Waals surface area (Å²) in [5, 5.41) is 11.6. The van der Waals surface area contributed by atoms with Gasteiger partial charge in [-0.05, 0) is 12.8 Å². The number of carbonyl (C=O) groups excluding carboxylic acids is 1. The quantitative estimate of drug-likeness (QED) is 0.663. The second-order valence-electron chi connectivity index (χ2n) is 5.14. The Kier molecular flexibility index (Phi) is 4.56. The third-order valence-electron chi connectivity index (χ3n) is 3.62. The number of amides is 1. The summed E-state index contributed by atoms with van der Waals surface area (Å²) < 4.78 is 1.05. The van der Waals surface area contributed by atoms with Gasteiger partial charge in [0.1, 0.15) is 6.04 Å². The number of nitrogens with one attached hydrogen (secondary N) is 2. The Balaban J connectivity index is 2.08. The number of H-pyrrole nitrogens is 1. The van der Waals surface area contributed by atoms with Gasteiger partial charge >= 0.3 is 11.7 Å². The van der Waals surface area contributed by atoms with Gasteiger partial charge in [0, 0.05) is 18.2 Å². The lowest BCUT2D eigenvalue weighted by Gasteiger charge is -2.18. The van der Waals surface area contributed by atoms with Gasteiger partial charge in [0.25, 0.3) is 5.56 Å². The van der Waals surface area contributed by atoms with Crippen molar-refractivity contribution in [2.75, 3.05) is 0 Å². The normalized spacial score (nSPS) is 16.6. The maximum atomic E-state index is 12.0. The second kappa shape index (κ2) is 6.38. The molecule has 114 valence electrons. The van der Waals surface area contributed by atoms with Crippen LogP contribution in [0.3, 0.4) is 0 Å². The van der Waals surface area contributed by atoms with Crippen molar-refractivity contribution in [1.82, 2.24) is 14.9 Å². The van der Waals surface area contributed by atoms with Crippen molar-refractivity contribution in [2.45, 2.75) is 38.3 Å². The van der Waals surface area contributed by atoms with Gasteiger partial charge < -0.3 is 10.4 Å². The Morgan fingerprint density at radius 1 is 1.38 bits per heavy atom. The molecule has 21 heavy (non-hydrogen) atoms. The maximum absolute atomic E-state index is 12.0. The van der Waals surface area contributed by atoms with Crippen molar-refractivity contribution < 1.29 is 14.7 Å². The molecule has 1 amide bonds. The maximum Gasteiger partial charge on any atom is 0.328 e. The van der Waals surface area contributed by atoms with Crippen molar-refractivity contribution in [3.05, 3.63) is 33.1 Å². The monoisotopic (exact) mass is 295 g/mol. The molecule has 0 radical (unpaired) electrons. The SMILES string of the molecule is O=C(NC(Cn1ccc(=O)[nH]c1=O)C(=O)O)C1CCCC1. The summed E-state index contributed by atoms with van der Waals surface area (Å²) in [7, 11) is 0. The van der Waals surface area contributed by atoms with Gasteiger partial charge in [-0.3, -0.25) is 19.1 Å². The van der Waals surface area contributed by atoms with Crippen molar-refractivity contribution in [1.29, 1.82) is 0 Å². The summed E-state index contributed by atoms with van der Waals surface area (Å²) in [4.78, 5) is 47.7. The van der Waals surface area contributed by atoms with Crippen LogP contribution in [0.2, 0.25) is 0 Å². The van der Waals surface area contributed by atoms with Crippen LogP contribution in [0.1, 0.15) is 25.7 Å². The highest BCUT2D eigenvalue weighted by molar-refractivity contribution is 5.85. The first-order valence-corrected chi connectivity index (χ1v) is 6.80. The fourth-order valence-electron chi connectivity index (χ4n) is 2.45. The molecular formula is C13H17N3O5. The van der Waals surface area contributed by atoms with Crippen LogP contribution in [0.15, 0.2) is 21.9 Å². The molecule has 0 bridgehead atoms. The molecule has 1 aliphatic carbocycles. The van der Waals surface area contributed by atoms with E-state index in [-0.39, 0.29) is 18.4 Å². The minimum absolute atomic E-state index is 0.154. The first-order chi connectivity index (χ1) is 9.97. The highest BCUT2D eigenvalue weighted by atomic mass is 16.4. The van der Waals surface area contributed by atoms with Gasteiger partial charge in [-0.15, -0.1) is 0 Å². The number of carboxylic acids is 1. The highest BCUT2D eigenvalue weighted by Gasteiger charge is 2.27. The van der Waals surface area contributed by atoms with E-state index in [9.17, 15) is 19.2 Å². The van der Waals surface area contributed by atoms with Crippen LogP contribution in [0.5, 0.6) is 0 Å². The van der Waals surface area contributed by atoms with Gasteiger partial charge in [-0.2, -0.15) is 0 Å². The molecule has 1 saturated carbocycles. The minimum Gasteiger partial charge on any atom is -0.480 e. The zero-order valence-electron chi connectivity index (χ0n) is 11.4. The molecule has 1 unspecified atom stereocenters. The first kappa shape index (κ1) is 15.0. The average molecular weight is 295 g/mol. The van der Waals surface area contributed by atoms with Gasteiger partial charge in [0.2, 0.25) is 5.91 Å². The predicted octanol–water partition coefficient (Wildman–Crippen LogP) is -0.704. The van der Waals surface area contributed by atoms with Crippen LogP contribution < -0.4 is 16.6 Å². The van der Waals surface area contributed by atoms with Crippen LogP contribution in [-0.4, -0.2) is 32.6 Å². The lowest BCUT2D eigenvalue weighted by atomic mass is 10.1. The fourth-order valence-corrected chi connectivity index (χ4v) is 2.45. The Bertz CT molecular complexity index is 642. The second-order valence-corrected chi connectivity index (χ2v) is 5.14. The first-order valence-electron chi connectivity index (χ1n) is 6.80. The highest BCUT2D eigenvalue weighted by Crippen LogP contribution is 2.24. The lowest BCUT2D eigenvalue weighted by Crippen LogP contribution is -2.47. The van der Waals surface area contributed by atoms with Crippen molar-refractivity contribution in [2.24, 2.45) is 5.92 Å². The van der Waals surface area contributed by atoms with E-state index in [1.165, 1.54) is 6.20 Å². The molecule has 1 aromatic heterocycles. The van der Waals surface area contributed by atoms with E-state index in [1.54, 1.807) is 0 Å². The Hall–Kier alpha value is -2.38. The fraction of sp³-hybridized carbons (Fsp3) is 0.538. The third kappa shape index (κ3) is 3.80. The van der Waals surface area contributed by atoms with Crippen molar-refractivity contribution >= 4 is 11.9 Å². The van der Waals surface area contributed by atoms with Crippen LogP contribution in [0, 0.1) is 5.92 Å². The van der Waals surface area contributed by atoms with Gasteiger partial charge in [0.05, 0.1) is 6.54 Å². The molecule has 0 spiro atoms. The number of carboxylic acid groups (broad SMARTS) is 1. The molecule has 1 fully saturated rings. The van der Waals surface area contributed by atoms with Crippen LogP contribution >= 0.6 is 0 Å². The van der Waals surface area contributed by atoms with E-state index >= 15 is 0 Å². The molecule has 1 atom stereocenters. The molecule has 8 nitrogen and oxygen atoms in total.